The van der Waals surface area contributed by atoms with Crippen LogP contribution in [0.15, 0.2) is 18.2 Å². The molecule has 0 amide bonds. The number of halogens is 1. The molecule has 0 spiro atoms. The molecule has 102 valence electrons. The van der Waals surface area contributed by atoms with E-state index in [9.17, 15) is 4.39 Å². The zero-order valence-electron chi connectivity index (χ0n) is 11.8. The van der Waals surface area contributed by atoms with E-state index in [1.165, 1.54) is 0 Å². The molecule has 0 saturated heterocycles. The molecule has 1 aromatic rings. The number of benzene rings is 1. The third-order valence-corrected chi connectivity index (χ3v) is 2.94. The fourth-order valence-corrected chi connectivity index (χ4v) is 2.19. The Labute approximate surface area is 110 Å². The third-order valence-electron chi connectivity index (χ3n) is 2.94. The Morgan fingerprint density at radius 1 is 1.11 bits per heavy atom. The second-order valence-electron chi connectivity index (χ2n) is 4.51. The van der Waals surface area contributed by atoms with Crippen LogP contribution in [0.3, 0.4) is 0 Å². The number of hydrogen-bond donors (Lipinski definition) is 1. The maximum absolute atomic E-state index is 14.1. The Bertz CT molecular complexity index is 346. The molecule has 0 aliphatic carbocycles. The van der Waals surface area contributed by atoms with Gasteiger partial charge in [0.25, 0.3) is 0 Å². The molecule has 18 heavy (non-hydrogen) atoms. The summed E-state index contributed by atoms with van der Waals surface area (Å²) < 4.78 is 14.1. The van der Waals surface area contributed by atoms with Crippen LogP contribution < -0.4 is 10.2 Å². The van der Waals surface area contributed by atoms with Crippen molar-refractivity contribution in [3.05, 3.63) is 29.6 Å². The summed E-state index contributed by atoms with van der Waals surface area (Å²) in [5, 5.41) is 3.28. The van der Waals surface area contributed by atoms with Crippen molar-refractivity contribution in [3.63, 3.8) is 0 Å². The van der Waals surface area contributed by atoms with Crippen LogP contribution in [0.2, 0.25) is 0 Å². The van der Waals surface area contributed by atoms with Crippen molar-refractivity contribution in [2.24, 2.45) is 0 Å². The normalized spacial score (nSPS) is 10.7. The molecular weight excluding hydrogens is 227 g/mol. The fourth-order valence-electron chi connectivity index (χ4n) is 2.19. The Morgan fingerprint density at radius 3 is 2.33 bits per heavy atom. The average Bonchev–Trinajstić information content (AvgIpc) is 2.36. The van der Waals surface area contributed by atoms with Gasteiger partial charge in [-0.05, 0) is 31.0 Å². The first kappa shape index (κ1) is 15.0. The number of anilines is 1. The first-order valence-electron chi connectivity index (χ1n) is 6.97. The quantitative estimate of drug-likeness (QED) is 0.761. The molecule has 0 radical (unpaired) electrons. The van der Waals surface area contributed by atoms with Crippen molar-refractivity contribution in [1.82, 2.24) is 5.32 Å². The molecule has 0 atom stereocenters. The van der Waals surface area contributed by atoms with Crippen LogP contribution in [0.4, 0.5) is 10.1 Å². The number of hydrogen-bond acceptors (Lipinski definition) is 2. The van der Waals surface area contributed by atoms with E-state index in [-0.39, 0.29) is 5.82 Å². The lowest BCUT2D eigenvalue weighted by molar-refractivity contribution is 0.606. The topological polar surface area (TPSA) is 15.3 Å². The number of rotatable bonds is 8. The van der Waals surface area contributed by atoms with Gasteiger partial charge < -0.3 is 10.2 Å². The zero-order chi connectivity index (χ0) is 13.4. The smallest absolute Gasteiger partial charge is 0.146 e. The number of nitrogens with one attached hydrogen (secondary N) is 1. The predicted molar refractivity (Wildman–Crippen MR) is 76.6 cm³/mol. The van der Waals surface area contributed by atoms with Gasteiger partial charge in [-0.25, -0.2) is 4.39 Å². The average molecular weight is 252 g/mol. The van der Waals surface area contributed by atoms with Gasteiger partial charge in [0.15, 0.2) is 0 Å². The summed E-state index contributed by atoms with van der Waals surface area (Å²) in [5.74, 6) is -0.104. The van der Waals surface area contributed by atoms with Crippen LogP contribution >= 0.6 is 0 Å². The first-order valence-corrected chi connectivity index (χ1v) is 6.97. The van der Waals surface area contributed by atoms with Crippen LogP contribution in [0, 0.1) is 5.82 Å². The highest BCUT2D eigenvalue weighted by Crippen LogP contribution is 2.25. The maximum atomic E-state index is 14.1. The first-order chi connectivity index (χ1) is 8.74. The van der Waals surface area contributed by atoms with Gasteiger partial charge >= 0.3 is 0 Å². The lowest BCUT2D eigenvalue weighted by Gasteiger charge is -2.27. The Hall–Kier alpha value is -1.09. The van der Waals surface area contributed by atoms with Gasteiger partial charge in [0, 0.05) is 19.6 Å². The van der Waals surface area contributed by atoms with E-state index in [1.54, 1.807) is 12.1 Å². The van der Waals surface area contributed by atoms with Crippen LogP contribution in [0.25, 0.3) is 0 Å². The molecule has 0 aliphatic rings. The number of para-hydroxylation sites is 1. The zero-order valence-corrected chi connectivity index (χ0v) is 11.8. The summed E-state index contributed by atoms with van der Waals surface area (Å²) in [5.41, 5.74) is 1.83. The van der Waals surface area contributed by atoms with Gasteiger partial charge in [0.05, 0.1) is 5.69 Å². The lowest BCUT2D eigenvalue weighted by Crippen LogP contribution is -2.28. The van der Waals surface area contributed by atoms with Crippen LogP contribution in [0.5, 0.6) is 0 Å². The lowest BCUT2D eigenvalue weighted by atomic mass is 10.1. The Morgan fingerprint density at radius 2 is 1.78 bits per heavy atom. The highest BCUT2D eigenvalue weighted by Gasteiger charge is 2.14. The summed E-state index contributed by atoms with van der Waals surface area (Å²) in [6, 6.07) is 5.37. The van der Waals surface area contributed by atoms with E-state index in [0.717, 1.165) is 50.3 Å². The van der Waals surface area contributed by atoms with E-state index >= 15 is 0 Å². The highest BCUT2D eigenvalue weighted by molar-refractivity contribution is 5.55. The predicted octanol–water partition coefficient (Wildman–Crippen LogP) is 3.56. The van der Waals surface area contributed by atoms with Gasteiger partial charge in [0.1, 0.15) is 5.82 Å². The second kappa shape index (κ2) is 8.09. The SMILES string of the molecule is CCCN(CCC)c1c(F)cccc1CNCC. The third kappa shape index (κ3) is 3.98. The Balaban J connectivity index is 3.00. The molecule has 0 heterocycles. The number of nitrogens with zero attached hydrogens (tertiary/aromatic N) is 1. The minimum absolute atomic E-state index is 0.104. The summed E-state index contributed by atoms with van der Waals surface area (Å²) in [4.78, 5) is 2.17. The van der Waals surface area contributed by atoms with Gasteiger partial charge in [-0.15, -0.1) is 0 Å². The van der Waals surface area contributed by atoms with Crippen molar-refractivity contribution >= 4 is 5.69 Å². The van der Waals surface area contributed by atoms with Crippen LogP contribution in [-0.4, -0.2) is 19.6 Å². The maximum Gasteiger partial charge on any atom is 0.146 e. The van der Waals surface area contributed by atoms with Crippen LogP contribution in [0.1, 0.15) is 39.2 Å². The molecule has 1 aromatic carbocycles. The molecule has 0 bridgehead atoms. The molecule has 0 aromatic heterocycles. The highest BCUT2D eigenvalue weighted by atomic mass is 19.1. The summed E-state index contributed by atoms with van der Waals surface area (Å²) in [6.45, 7) is 9.78. The van der Waals surface area contributed by atoms with Crippen molar-refractivity contribution < 1.29 is 4.39 Å². The second-order valence-corrected chi connectivity index (χ2v) is 4.51. The molecule has 1 rings (SSSR count). The molecule has 0 aliphatic heterocycles. The van der Waals surface area contributed by atoms with Crippen molar-refractivity contribution in [3.8, 4) is 0 Å². The van der Waals surface area contributed by atoms with Gasteiger partial charge in [-0.1, -0.05) is 32.9 Å². The largest absolute Gasteiger partial charge is 0.369 e. The molecule has 0 fully saturated rings. The fraction of sp³-hybridized carbons (Fsp3) is 0.600. The van der Waals surface area contributed by atoms with E-state index in [2.05, 4.69) is 31.0 Å². The van der Waals surface area contributed by atoms with Gasteiger partial charge in [-0.2, -0.15) is 0 Å². The van der Waals surface area contributed by atoms with Crippen LogP contribution in [-0.2, 0) is 6.54 Å². The summed E-state index contributed by atoms with van der Waals surface area (Å²) >= 11 is 0. The minimum Gasteiger partial charge on any atom is -0.369 e. The van der Waals surface area contributed by atoms with Crippen molar-refractivity contribution in [2.45, 2.75) is 40.2 Å². The van der Waals surface area contributed by atoms with Gasteiger partial charge in [0.2, 0.25) is 0 Å². The molecule has 3 heteroatoms. The standard InChI is InChI=1S/C15H25FN2/c1-4-10-18(11-5-2)15-13(12-17-6-3)8-7-9-14(15)16/h7-9,17H,4-6,10-12H2,1-3H3. The molecule has 2 nitrogen and oxygen atoms in total. The minimum atomic E-state index is -0.104. The van der Waals surface area contributed by atoms with E-state index in [0.29, 0.717) is 0 Å². The van der Waals surface area contributed by atoms with Gasteiger partial charge in [-0.3, -0.25) is 0 Å². The van der Waals surface area contributed by atoms with E-state index < -0.39 is 0 Å². The molecule has 1 N–H and O–H groups in total. The van der Waals surface area contributed by atoms with E-state index in [4.69, 9.17) is 0 Å². The molecule has 0 unspecified atom stereocenters. The van der Waals surface area contributed by atoms with Crippen molar-refractivity contribution in [2.75, 3.05) is 24.5 Å². The molecule has 0 saturated carbocycles. The van der Waals surface area contributed by atoms with E-state index in [1.807, 2.05) is 6.07 Å². The Kier molecular flexibility index (Phi) is 6.73. The summed E-state index contributed by atoms with van der Waals surface area (Å²) in [6.07, 6.45) is 2.07. The monoisotopic (exact) mass is 252 g/mol. The molecular formula is C15H25FN2. The summed E-state index contributed by atoms with van der Waals surface area (Å²) in [7, 11) is 0. The van der Waals surface area contributed by atoms with Crippen molar-refractivity contribution in [1.29, 1.82) is 0 Å².